The maximum atomic E-state index is 11.9. The number of ketones is 1. The second-order valence-corrected chi connectivity index (χ2v) is 5.34. The Kier molecular flexibility index (Phi) is 5.07. The van der Waals surface area contributed by atoms with Crippen LogP contribution in [0.2, 0.25) is 0 Å². The van der Waals surface area contributed by atoms with Gasteiger partial charge < -0.3 is 0 Å². The highest BCUT2D eigenvalue weighted by atomic mass is 32.2. The number of thioether (sulfide) groups is 1. The number of rotatable bonds is 6. The van der Waals surface area contributed by atoms with Gasteiger partial charge in [-0.2, -0.15) is 0 Å². The Morgan fingerprint density at radius 3 is 2.38 bits per heavy atom. The van der Waals surface area contributed by atoms with Crippen LogP contribution in [0.3, 0.4) is 0 Å². The molecule has 0 saturated carbocycles. The molecule has 1 atom stereocenters. The summed E-state index contributed by atoms with van der Waals surface area (Å²) in [7, 11) is 0. The van der Waals surface area contributed by atoms with Crippen molar-refractivity contribution < 1.29 is 4.79 Å². The van der Waals surface area contributed by atoms with E-state index in [0.29, 0.717) is 12.2 Å². The fraction of sp³-hybridized carbons (Fsp3) is 0.500. The van der Waals surface area contributed by atoms with Crippen molar-refractivity contribution in [3.8, 4) is 0 Å². The van der Waals surface area contributed by atoms with Crippen LogP contribution in [-0.4, -0.2) is 11.5 Å². The zero-order valence-corrected chi connectivity index (χ0v) is 11.1. The minimum absolute atomic E-state index is 0.171. The first-order chi connectivity index (χ1) is 7.62. The summed E-state index contributed by atoms with van der Waals surface area (Å²) >= 11 is 1.77. The average molecular weight is 236 g/mol. The Morgan fingerprint density at radius 1 is 1.25 bits per heavy atom. The molecule has 0 radical (unpaired) electrons. The zero-order chi connectivity index (χ0) is 12.0. The Morgan fingerprint density at radius 2 is 1.88 bits per heavy atom. The summed E-state index contributed by atoms with van der Waals surface area (Å²) in [5, 5.41) is 0. The molecule has 2 heteroatoms. The molecule has 0 heterocycles. The van der Waals surface area contributed by atoms with Crippen LogP contribution >= 0.6 is 11.8 Å². The molecule has 1 aromatic rings. The maximum Gasteiger partial charge on any atom is 0.139 e. The van der Waals surface area contributed by atoms with E-state index in [1.54, 1.807) is 11.8 Å². The number of carbonyl (C=O) groups is 1. The third-order valence-electron chi connectivity index (χ3n) is 3.08. The highest BCUT2D eigenvalue weighted by molar-refractivity contribution is 7.99. The van der Waals surface area contributed by atoms with Crippen molar-refractivity contribution in [1.82, 2.24) is 0 Å². The van der Waals surface area contributed by atoms with Gasteiger partial charge in [0.1, 0.15) is 5.78 Å². The molecule has 1 nitrogen and oxygen atoms in total. The quantitative estimate of drug-likeness (QED) is 0.689. The van der Waals surface area contributed by atoms with Gasteiger partial charge in [0.25, 0.3) is 0 Å². The standard InChI is InChI=1S/C14H20OS/c1-4-13(15)14(3,5-2)11-16-12-9-7-6-8-10-12/h6-10H,4-5,11H2,1-3H3. The number of hydrogen-bond acceptors (Lipinski definition) is 2. The van der Waals surface area contributed by atoms with Gasteiger partial charge in [0, 0.05) is 22.5 Å². The van der Waals surface area contributed by atoms with Crippen molar-refractivity contribution in [2.75, 3.05) is 5.75 Å². The van der Waals surface area contributed by atoms with E-state index >= 15 is 0 Å². The summed E-state index contributed by atoms with van der Waals surface area (Å²) in [6.07, 6.45) is 1.55. The second-order valence-electron chi connectivity index (χ2n) is 4.29. The smallest absolute Gasteiger partial charge is 0.139 e. The largest absolute Gasteiger partial charge is 0.299 e. The molecule has 16 heavy (non-hydrogen) atoms. The Balaban J connectivity index is 2.62. The van der Waals surface area contributed by atoms with E-state index in [4.69, 9.17) is 0 Å². The van der Waals surface area contributed by atoms with Crippen LogP contribution < -0.4 is 0 Å². The predicted molar refractivity (Wildman–Crippen MR) is 70.9 cm³/mol. The summed E-state index contributed by atoms with van der Waals surface area (Å²) in [6.45, 7) is 6.12. The highest BCUT2D eigenvalue weighted by Gasteiger charge is 2.29. The van der Waals surface area contributed by atoms with E-state index in [1.807, 2.05) is 25.1 Å². The molecule has 1 unspecified atom stereocenters. The summed E-state index contributed by atoms with van der Waals surface area (Å²) in [4.78, 5) is 13.1. The Bertz CT molecular complexity index is 334. The van der Waals surface area contributed by atoms with Crippen LogP contribution in [0.25, 0.3) is 0 Å². The molecule has 0 aliphatic carbocycles. The van der Waals surface area contributed by atoms with Gasteiger partial charge in [-0.1, -0.05) is 39.0 Å². The lowest BCUT2D eigenvalue weighted by atomic mass is 9.84. The van der Waals surface area contributed by atoms with Gasteiger partial charge in [-0.05, 0) is 18.6 Å². The van der Waals surface area contributed by atoms with Gasteiger partial charge in [0.2, 0.25) is 0 Å². The Hall–Kier alpha value is -0.760. The molecule has 0 bridgehead atoms. The summed E-state index contributed by atoms with van der Waals surface area (Å²) in [6, 6.07) is 10.3. The van der Waals surface area contributed by atoms with Crippen molar-refractivity contribution >= 4 is 17.5 Å². The zero-order valence-electron chi connectivity index (χ0n) is 10.3. The first-order valence-electron chi connectivity index (χ1n) is 5.83. The SMILES string of the molecule is CCC(=O)C(C)(CC)CSc1ccccc1. The summed E-state index contributed by atoms with van der Waals surface area (Å²) < 4.78 is 0. The van der Waals surface area contributed by atoms with E-state index in [2.05, 4.69) is 26.0 Å². The van der Waals surface area contributed by atoms with Crippen LogP contribution in [-0.2, 0) is 4.79 Å². The fourth-order valence-electron chi connectivity index (χ4n) is 1.57. The first kappa shape index (κ1) is 13.3. The molecule has 0 amide bonds. The summed E-state index contributed by atoms with van der Waals surface area (Å²) in [5.74, 6) is 1.25. The number of benzene rings is 1. The van der Waals surface area contributed by atoms with E-state index in [1.165, 1.54) is 4.90 Å². The van der Waals surface area contributed by atoms with Crippen molar-refractivity contribution in [2.24, 2.45) is 5.41 Å². The molecular formula is C14H20OS. The molecule has 0 saturated heterocycles. The number of Topliss-reactive ketones (excluding diaryl/α,β-unsaturated/α-hetero) is 1. The monoisotopic (exact) mass is 236 g/mol. The fourth-order valence-corrected chi connectivity index (χ4v) is 2.77. The van der Waals surface area contributed by atoms with Crippen molar-refractivity contribution in [1.29, 1.82) is 0 Å². The summed E-state index contributed by atoms with van der Waals surface area (Å²) in [5.41, 5.74) is -0.171. The van der Waals surface area contributed by atoms with Crippen molar-refractivity contribution in [3.05, 3.63) is 30.3 Å². The van der Waals surface area contributed by atoms with Gasteiger partial charge in [0.05, 0.1) is 0 Å². The molecule has 0 aliphatic rings. The average Bonchev–Trinajstić information content (AvgIpc) is 2.36. The lowest BCUT2D eigenvalue weighted by molar-refractivity contribution is -0.126. The molecule has 0 spiro atoms. The van der Waals surface area contributed by atoms with Gasteiger partial charge in [-0.15, -0.1) is 11.8 Å². The van der Waals surface area contributed by atoms with Gasteiger partial charge >= 0.3 is 0 Å². The van der Waals surface area contributed by atoms with E-state index in [0.717, 1.165) is 12.2 Å². The predicted octanol–water partition coefficient (Wildman–Crippen LogP) is 4.17. The molecular weight excluding hydrogens is 216 g/mol. The van der Waals surface area contributed by atoms with Crippen molar-refractivity contribution in [2.45, 2.75) is 38.5 Å². The molecule has 1 aromatic carbocycles. The van der Waals surface area contributed by atoms with Crippen LogP contribution in [0.5, 0.6) is 0 Å². The molecule has 0 fully saturated rings. The maximum absolute atomic E-state index is 11.9. The lowest BCUT2D eigenvalue weighted by Crippen LogP contribution is -2.29. The van der Waals surface area contributed by atoms with Gasteiger partial charge in [-0.3, -0.25) is 4.79 Å². The van der Waals surface area contributed by atoms with E-state index in [9.17, 15) is 4.79 Å². The molecule has 0 aromatic heterocycles. The number of carbonyl (C=O) groups excluding carboxylic acids is 1. The molecule has 0 aliphatic heterocycles. The van der Waals surface area contributed by atoms with Crippen LogP contribution in [0.15, 0.2) is 35.2 Å². The Labute approximate surface area is 103 Å². The molecule has 0 N–H and O–H groups in total. The van der Waals surface area contributed by atoms with Crippen LogP contribution in [0.4, 0.5) is 0 Å². The van der Waals surface area contributed by atoms with Crippen LogP contribution in [0, 0.1) is 5.41 Å². The van der Waals surface area contributed by atoms with Crippen LogP contribution in [0.1, 0.15) is 33.6 Å². The molecule has 1 rings (SSSR count). The normalized spacial score (nSPS) is 14.4. The first-order valence-corrected chi connectivity index (χ1v) is 6.82. The topological polar surface area (TPSA) is 17.1 Å². The lowest BCUT2D eigenvalue weighted by Gasteiger charge is -2.25. The third kappa shape index (κ3) is 3.38. The number of hydrogen-bond donors (Lipinski definition) is 0. The highest BCUT2D eigenvalue weighted by Crippen LogP contribution is 2.32. The second kappa shape index (κ2) is 6.09. The van der Waals surface area contributed by atoms with Gasteiger partial charge in [-0.25, -0.2) is 0 Å². The van der Waals surface area contributed by atoms with E-state index in [-0.39, 0.29) is 5.41 Å². The minimum Gasteiger partial charge on any atom is -0.299 e. The molecule has 88 valence electrons. The van der Waals surface area contributed by atoms with Gasteiger partial charge in [0.15, 0.2) is 0 Å². The van der Waals surface area contributed by atoms with E-state index < -0.39 is 0 Å². The van der Waals surface area contributed by atoms with Crippen molar-refractivity contribution in [3.63, 3.8) is 0 Å². The minimum atomic E-state index is -0.171. The third-order valence-corrected chi connectivity index (χ3v) is 4.46.